The number of nitrogens with two attached hydrogens (primary N) is 1. The normalized spacial score (nSPS) is 11.9. The number of aryl methyl sites for hydroxylation is 1. The van der Waals surface area contributed by atoms with E-state index in [4.69, 9.17) is 10.2 Å². The van der Waals surface area contributed by atoms with Crippen molar-refractivity contribution in [1.29, 1.82) is 0 Å². The molecule has 2 aromatic rings. The Balaban J connectivity index is 0.00000162. The van der Waals surface area contributed by atoms with Gasteiger partial charge in [-0.1, -0.05) is 0 Å². The van der Waals surface area contributed by atoms with Gasteiger partial charge in [0.25, 0.3) is 0 Å². The fourth-order valence-corrected chi connectivity index (χ4v) is 1.46. The predicted octanol–water partition coefficient (Wildman–Crippen LogP) is 0.839. The molecule has 98 valence electrons. The molecule has 0 saturated carbocycles. The average molecular weight is 272 g/mol. The summed E-state index contributed by atoms with van der Waals surface area (Å²) in [6.45, 7) is 1.60. The number of fused-ring (bicyclic) bond motifs is 1. The highest BCUT2D eigenvalue weighted by Gasteiger charge is 2.10. The van der Waals surface area contributed by atoms with E-state index in [2.05, 4.69) is 5.32 Å². The van der Waals surface area contributed by atoms with Crippen molar-refractivity contribution in [1.82, 2.24) is 4.57 Å². The van der Waals surface area contributed by atoms with Crippen LogP contribution in [0.1, 0.15) is 6.92 Å². The SMILES string of the molecule is C[C@@H](N)C(=O)Nc1ccc2oc(=O)n(C)c2c1.Cl. The van der Waals surface area contributed by atoms with E-state index in [0.29, 0.717) is 16.8 Å². The lowest BCUT2D eigenvalue weighted by atomic mass is 10.2. The Labute approximate surface area is 109 Å². The molecule has 0 aliphatic rings. The summed E-state index contributed by atoms with van der Waals surface area (Å²) in [6, 6.07) is 4.37. The zero-order valence-corrected chi connectivity index (χ0v) is 10.8. The second-order valence-corrected chi connectivity index (χ2v) is 3.89. The van der Waals surface area contributed by atoms with E-state index in [-0.39, 0.29) is 18.3 Å². The van der Waals surface area contributed by atoms with E-state index in [0.717, 1.165) is 0 Å². The summed E-state index contributed by atoms with van der Waals surface area (Å²) < 4.78 is 6.35. The van der Waals surface area contributed by atoms with E-state index in [1.807, 2.05) is 0 Å². The quantitative estimate of drug-likeness (QED) is 0.847. The van der Waals surface area contributed by atoms with Crippen molar-refractivity contribution in [2.24, 2.45) is 12.8 Å². The first kappa shape index (κ1) is 14.3. The Hall–Kier alpha value is -1.79. The van der Waals surface area contributed by atoms with Gasteiger partial charge >= 0.3 is 5.76 Å². The maximum Gasteiger partial charge on any atom is 0.419 e. The number of halogens is 1. The first-order chi connectivity index (χ1) is 7.99. The monoisotopic (exact) mass is 271 g/mol. The van der Waals surface area contributed by atoms with Crippen molar-refractivity contribution < 1.29 is 9.21 Å². The fraction of sp³-hybridized carbons (Fsp3) is 0.273. The van der Waals surface area contributed by atoms with Gasteiger partial charge in [-0.25, -0.2) is 4.79 Å². The molecule has 1 amide bonds. The standard InChI is InChI=1S/C11H13N3O3.ClH/c1-6(12)10(15)13-7-3-4-9-8(5-7)14(2)11(16)17-9;/h3-6H,12H2,1-2H3,(H,13,15);1H/t6-;/m1./s1. The molecule has 1 aromatic heterocycles. The van der Waals surface area contributed by atoms with Crippen LogP contribution >= 0.6 is 12.4 Å². The molecule has 0 bridgehead atoms. The maximum atomic E-state index is 11.4. The number of amides is 1. The number of hydrogen-bond acceptors (Lipinski definition) is 4. The van der Waals surface area contributed by atoms with Crippen LogP contribution in [0, 0.1) is 0 Å². The third-order valence-electron chi connectivity index (χ3n) is 2.47. The third kappa shape index (κ3) is 2.55. The molecular formula is C11H14ClN3O3. The molecular weight excluding hydrogens is 258 g/mol. The van der Waals surface area contributed by atoms with Crippen LogP contribution in [0.2, 0.25) is 0 Å². The van der Waals surface area contributed by atoms with Gasteiger partial charge < -0.3 is 15.5 Å². The third-order valence-corrected chi connectivity index (χ3v) is 2.47. The Kier molecular flexibility index (Phi) is 4.15. The van der Waals surface area contributed by atoms with Crippen LogP contribution < -0.4 is 16.8 Å². The van der Waals surface area contributed by atoms with Crippen molar-refractivity contribution >= 4 is 35.1 Å². The molecule has 0 aliphatic carbocycles. The first-order valence-corrected chi connectivity index (χ1v) is 5.15. The molecule has 0 aliphatic heterocycles. The highest BCUT2D eigenvalue weighted by Crippen LogP contribution is 2.17. The second kappa shape index (κ2) is 5.24. The number of nitrogens with zero attached hydrogens (tertiary/aromatic N) is 1. The first-order valence-electron chi connectivity index (χ1n) is 5.15. The number of anilines is 1. The zero-order valence-electron chi connectivity index (χ0n) is 9.97. The summed E-state index contributed by atoms with van der Waals surface area (Å²) >= 11 is 0. The number of carbonyl (C=O) groups is 1. The molecule has 18 heavy (non-hydrogen) atoms. The summed E-state index contributed by atoms with van der Waals surface area (Å²) in [6.07, 6.45) is 0. The van der Waals surface area contributed by atoms with E-state index < -0.39 is 11.8 Å². The molecule has 0 fully saturated rings. The predicted molar refractivity (Wildman–Crippen MR) is 71.0 cm³/mol. The molecule has 0 saturated heterocycles. The van der Waals surface area contributed by atoms with Gasteiger partial charge in [0.15, 0.2) is 5.58 Å². The van der Waals surface area contributed by atoms with Gasteiger partial charge in [0.2, 0.25) is 5.91 Å². The lowest BCUT2D eigenvalue weighted by Crippen LogP contribution is -2.32. The molecule has 1 aromatic carbocycles. The van der Waals surface area contributed by atoms with Crippen LogP contribution in [0.3, 0.4) is 0 Å². The van der Waals surface area contributed by atoms with Crippen molar-refractivity contribution in [2.75, 3.05) is 5.32 Å². The van der Waals surface area contributed by atoms with Gasteiger partial charge in [-0.15, -0.1) is 12.4 Å². The van der Waals surface area contributed by atoms with Crippen molar-refractivity contribution in [3.63, 3.8) is 0 Å². The van der Waals surface area contributed by atoms with Gasteiger partial charge in [0.05, 0.1) is 11.6 Å². The molecule has 2 rings (SSSR count). The van der Waals surface area contributed by atoms with E-state index in [1.54, 1.807) is 32.2 Å². The van der Waals surface area contributed by atoms with E-state index in [1.165, 1.54) is 4.57 Å². The van der Waals surface area contributed by atoms with Crippen LogP contribution in [0.4, 0.5) is 5.69 Å². The van der Waals surface area contributed by atoms with Gasteiger partial charge in [-0.2, -0.15) is 0 Å². The van der Waals surface area contributed by atoms with Crippen LogP contribution in [-0.2, 0) is 11.8 Å². The summed E-state index contributed by atoms with van der Waals surface area (Å²) in [7, 11) is 1.60. The number of oxazole rings is 1. The number of carbonyl (C=O) groups excluding carboxylic acids is 1. The fourth-order valence-electron chi connectivity index (χ4n) is 1.46. The molecule has 7 heteroatoms. The minimum absolute atomic E-state index is 0. The van der Waals surface area contributed by atoms with Gasteiger partial charge in [0, 0.05) is 12.7 Å². The Bertz CT molecular complexity index is 630. The average Bonchev–Trinajstić information content (AvgIpc) is 2.55. The molecule has 0 radical (unpaired) electrons. The minimum Gasteiger partial charge on any atom is -0.408 e. The number of aromatic nitrogens is 1. The number of rotatable bonds is 2. The largest absolute Gasteiger partial charge is 0.419 e. The molecule has 1 atom stereocenters. The lowest BCUT2D eigenvalue weighted by molar-refractivity contribution is -0.117. The smallest absolute Gasteiger partial charge is 0.408 e. The van der Waals surface area contributed by atoms with E-state index >= 15 is 0 Å². The van der Waals surface area contributed by atoms with Crippen LogP contribution in [0.5, 0.6) is 0 Å². The minimum atomic E-state index is -0.584. The maximum absolute atomic E-state index is 11.4. The summed E-state index contributed by atoms with van der Waals surface area (Å²) in [5, 5.41) is 2.65. The van der Waals surface area contributed by atoms with Gasteiger partial charge in [0.1, 0.15) is 0 Å². The molecule has 1 heterocycles. The number of benzene rings is 1. The van der Waals surface area contributed by atoms with Crippen LogP contribution in [0.15, 0.2) is 27.4 Å². The Morgan fingerprint density at radius 1 is 1.50 bits per heavy atom. The topological polar surface area (TPSA) is 90.3 Å². The van der Waals surface area contributed by atoms with Crippen LogP contribution in [-0.4, -0.2) is 16.5 Å². The number of nitrogens with one attached hydrogen (secondary N) is 1. The Morgan fingerprint density at radius 2 is 2.17 bits per heavy atom. The molecule has 6 nitrogen and oxygen atoms in total. The van der Waals surface area contributed by atoms with Crippen molar-refractivity contribution in [2.45, 2.75) is 13.0 Å². The van der Waals surface area contributed by atoms with E-state index in [9.17, 15) is 9.59 Å². The van der Waals surface area contributed by atoms with Crippen molar-refractivity contribution in [3.05, 3.63) is 28.7 Å². The van der Waals surface area contributed by atoms with Crippen LogP contribution in [0.25, 0.3) is 11.1 Å². The van der Waals surface area contributed by atoms with Crippen molar-refractivity contribution in [3.8, 4) is 0 Å². The summed E-state index contributed by atoms with van der Waals surface area (Å²) in [4.78, 5) is 22.7. The highest BCUT2D eigenvalue weighted by molar-refractivity contribution is 5.95. The molecule has 0 spiro atoms. The number of hydrogen-bond donors (Lipinski definition) is 2. The van der Waals surface area contributed by atoms with Gasteiger partial charge in [-0.05, 0) is 25.1 Å². The summed E-state index contributed by atoms with van der Waals surface area (Å²) in [5.41, 5.74) is 7.13. The lowest BCUT2D eigenvalue weighted by Gasteiger charge is -2.07. The highest BCUT2D eigenvalue weighted by atomic mass is 35.5. The second-order valence-electron chi connectivity index (χ2n) is 3.89. The zero-order chi connectivity index (χ0) is 12.6. The molecule has 3 N–H and O–H groups in total. The summed E-state index contributed by atoms with van der Waals surface area (Å²) in [5.74, 6) is -0.714. The Morgan fingerprint density at radius 3 is 2.78 bits per heavy atom. The molecule has 0 unspecified atom stereocenters. The van der Waals surface area contributed by atoms with Gasteiger partial charge in [-0.3, -0.25) is 9.36 Å².